The van der Waals surface area contributed by atoms with Crippen LogP contribution in [0.3, 0.4) is 0 Å². The molecular formula is C18H23ClF3NO4. The maximum absolute atomic E-state index is 12.6. The van der Waals surface area contributed by atoms with Gasteiger partial charge in [0.15, 0.2) is 0 Å². The van der Waals surface area contributed by atoms with Gasteiger partial charge < -0.3 is 19.9 Å². The second-order valence-corrected chi connectivity index (χ2v) is 8.02. The number of hydrogen-bond donors (Lipinski definition) is 2. The number of ether oxygens (including phenoxy) is 2. The first-order chi connectivity index (χ1) is 12.3. The zero-order valence-corrected chi connectivity index (χ0v) is 16.1. The maximum Gasteiger partial charge on any atom is 0.573 e. The number of hydrogen-bond acceptors (Lipinski definition) is 4. The average molecular weight is 410 g/mol. The van der Waals surface area contributed by atoms with E-state index in [1.165, 1.54) is 6.07 Å². The molecule has 1 aromatic rings. The van der Waals surface area contributed by atoms with Gasteiger partial charge in [0, 0.05) is 5.02 Å². The van der Waals surface area contributed by atoms with Crippen LogP contribution in [0.2, 0.25) is 5.02 Å². The highest BCUT2D eigenvalue weighted by Crippen LogP contribution is 2.41. The van der Waals surface area contributed by atoms with Crippen LogP contribution in [0.1, 0.15) is 52.0 Å². The summed E-state index contributed by atoms with van der Waals surface area (Å²) >= 11 is 5.98. The molecule has 1 aliphatic rings. The van der Waals surface area contributed by atoms with Gasteiger partial charge in [0.2, 0.25) is 0 Å². The minimum atomic E-state index is -4.89. The monoisotopic (exact) mass is 409 g/mol. The van der Waals surface area contributed by atoms with E-state index in [9.17, 15) is 23.1 Å². The van der Waals surface area contributed by atoms with Crippen molar-refractivity contribution in [3.8, 4) is 5.75 Å². The van der Waals surface area contributed by atoms with Crippen molar-refractivity contribution in [1.29, 1.82) is 0 Å². The smallest absolute Gasteiger partial charge is 0.444 e. The van der Waals surface area contributed by atoms with Gasteiger partial charge in [-0.05, 0) is 57.4 Å². The number of aliphatic hydroxyl groups is 1. The standard InChI is InChI=1S/C18H23ClF3NO4/c1-16(2,3)27-15(25)23-17(7-5-4-6-14(17)24)11-8-12(19)10-13(9-11)26-18(20,21)22/h8-10,14,24H,4-7H2,1-3H3,(H,23,25). The normalized spacial score (nSPS) is 23.6. The Bertz CT molecular complexity index is 690. The molecule has 5 nitrogen and oxygen atoms in total. The molecule has 2 rings (SSSR count). The van der Waals surface area contributed by atoms with Crippen molar-refractivity contribution in [1.82, 2.24) is 5.32 Å². The number of amides is 1. The maximum atomic E-state index is 12.6. The van der Waals surface area contributed by atoms with E-state index >= 15 is 0 Å². The molecule has 0 bridgehead atoms. The van der Waals surface area contributed by atoms with Crippen LogP contribution in [-0.4, -0.2) is 29.3 Å². The first-order valence-electron chi connectivity index (χ1n) is 8.57. The molecule has 0 saturated heterocycles. The Kier molecular flexibility index (Phi) is 6.21. The van der Waals surface area contributed by atoms with Crippen LogP contribution in [0, 0.1) is 0 Å². The highest BCUT2D eigenvalue weighted by Gasteiger charge is 2.44. The molecule has 27 heavy (non-hydrogen) atoms. The Hall–Kier alpha value is -1.67. The molecule has 1 amide bonds. The number of halogens is 4. The van der Waals surface area contributed by atoms with Crippen LogP contribution in [0.4, 0.5) is 18.0 Å². The predicted octanol–water partition coefficient (Wildman–Crippen LogP) is 4.89. The van der Waals surface area contributed by atoms with Gasteiger partial charge in [0.1, 0.15) is 11.4 Å². The molecule has 2 unspecified atom stereocenters. The molecule has 0 aliphatic heterocycles. The summed E-state index contributed by atoms with van der Waals surface area (Å²) in [5.41, 5.74) is -1.87. The van der Waals surface area contributed by atoms with E-state index in [4.69, 9.17) is 16.3 Å². The van der Waals surface area contributed by atoms with E-state index in [-0.39, 0.29) is 10.6 Å². The van der Waals surface area contributed by atoms with E-state index < -0.39 is 35.4 Å². The Morgan fingerprint density at radius 2 is 1.93 bits per heavy atom. The highest BCUT2D eigenvalue weighted by molar-refractivity contribution is 6.30. The number of aliphatic hydroxyl groups excluding tert-OH is 1. The third-order valence-electron chi connectivity index (χ3n) is 4.21. The lowest BCUT2D eigenvalue weighted by molar-refractivity contribution is -0.274. The summed E-state index contributed by atoms with van der Waals surface area (Å²) in [7, 11) is 0. The second kappa shape index (κ2) is 7.75. The van der Waals surface area contributed by atoms with Gasteiger partial charge in [-0.1, -0.05) is 24.4 Å². The fraction of sp³-hybridized carbons (Fsp3) is 0.611. The van der Waals surface area contributed by atoms with E-state index in [2.05, 4.69) is 10.1 Å². The first kappa shape index (κ1) is 21.6. The number of carbonyl (C=O) groups is 1. The lowest BCUT2D eigenvalue weighted by Crippen LogP contribution is -2.56. The number of nitrogens with one attached hydrogen (secondary N) is 1. The van der Waals surface area contributed by atoms with Crippen molar-refractivity contribution in [2.45, 2.75) is 70.1 Å². The summed E-state index contributed by atoms with van der Waals surface area (Å²) in [6.07, 6.45) is -4.60. The summed E-state index contributed by atoms with van der Waals surface area (Å²) in [5.74, 6) is -0.520. The Morgan fingerprint density at radius 3 is 2.48 bits per heavy atom. The molecular weight excluding hydrogens is 387 g/mol. The van der Waals surface area contributed by atoms with Gasteiger partial charge in [0.05, 0.1) is 11.6 Å². The topological polar surface area (TPSA) is 67.8 Å². The van der Waals surface area contributed by atoms with Gasteiger partial charge in [0.25, 0.3) is 0 Å². The third kappa shape index (κ3) is 5.90. The van der Waals surface area contributed by atoms with E-state index in [0.717, 1.165) is 18.6 Å². The predicted molar refractivity (Wildman–Crippen MR) is 93.7 cm³/mol. The van der Waals surface area contributed by atoms with Crippen molar-refractivity contribution < 1.29 is 32.5 Å². The molecule has 1 saturated carbocycles. The molecule has 0 radical (unpaired) electrons. The summed E-state index contributed by atoms with van der Waals surface area (Å²) < 4.78 is 47.1. The Labute approximate surface area is 160 Å². The lowest BCUT2D eigenvalue weighted by atomic mass is 9.74. The van der Waals surface area contributed by atoms with Gasteiger partial charge in [-0.3, -0.25) is 0 Å². The van der Waals surface area contributed by atoms with Crippen LogP contribution in [-0.2, 0) is 10.3 Å². The number of benzene rings is 1. The summed E-state index contributed by atoms with van der Waals surface area (Å²) in [6.45, 7) is 5.06. The number of rotatable bonds is 3. The van der Waals surface area contributed by atoms with Gasteiger partial charge in [-0.2, -0.15) is 0 Å². The average Bonchev–Trinajstić information content (AvgIpc) is 2.45. The molecule has 0 heterocycles. The van der Waals surface area contributed by atoms with Crippen molar-refractivity contribution in [3.05, 3.63) is 28.8 Å². The number of alkyl halides is 3. The largest absolute Gasteiger partial charge is 0.573 e. The van der Waals surface area contributed by atoms with Gasteiger partial charge in [-0.25, -0.2) is 4.79 Å². The molecule has 1 fully saturated rings. The van der Waals surface area contributed by atoms with Crippen LogP contribution in [0.5, 0.6) is 5.75 Å². The number of alkyl carbamates (subject to hydrolysis) is 1. The molecule has 2 N–H and O–H groups in total. The molecule has 1 aromatic carbocycles. The van der Waals surface area contributed by atoms with E-state index in [1.54, 1.807) is 20.8 Å². The quantitative estimate of drug-likeness (QED) is 0.745. The minimum Gasteiger partial charge on any atom is -0.444 e. The zero-order chi connectivity index (χ0) is 20.5. The minimum absolute atomic E-state index is 0.00473. The highest BCUT2D eigenvalue weighted by atomic mass is 35.5. The summed E-state index contributed by atoms with van der Waals surface area (Å²) in [4.78, 5) is 12.4. The fourth-order valence-electron chi connectivity index (χ4n) is 3.21. The fourth-order valence-corrected chi connectivity index (χ4v) is 3.43. The zero-order valence-electron chi connectivity index (χ0n) is 15.3. The van der Waals surface area contributed by atoms with Gasteiger partial charge >= 0.3 is 12.5 Å². The molecule has 0 aromatic heterocycles. The molecule has 152 valence electrons. The summed E-state index contributed by atoms with van der Waals surface area (Å²) in [6, 6.07) is 3.57. The molecule has 2 atom stereocenters. The SMILES string of the molecule is CC(C)(C)OC(=O)NC1(c2cc(Cl)cc(OC(F)(F)F)c2)CCCCC1O. The van der Waals surface area contributed by atoms with Crippen LogP contribution in [0.25, 0.3) is 0 Å². The van der Waals surface area contributed by atoms with Gasteiger partial charge in [-0.15, -0.1) is 13.2 Å². The molecule has 1 aliphatic carbocycles. The Morgan fingerprint density at radius 1 is 1.26 bits per heavy atom. The molecule has 0 spiro atoms. The third-order valence-corrected chi connectivity index (χ3v) is 4.43. The van der Waals surface area contributed by atoms with Crippen molar-refractivity contribution in [3.63, 3.8) is 0 Å². The van der Waals surface area contributed by atoms with Crippen LogP contribution >= 0.6 is 11.6 Å². The van der Waals surface area contributed by atoms with E-state index in [0.29, 0.717) is 19.3 Å². The van der Waals surface area contributed by atoms with Crippen molar-refractivity contribution in [2.75, 3.05) is 0 Å². The number of carbonyl (C=O) groups excluding carboxylic acids is 1. The van der Waals surface area contributed by atoms with Crippen molar-refractivity contribution in [2.24, 2.45) is 0 Å². The second-order valence-electron chi connectivity index (χ2n) is 7.58. The van der Waals surface area contributed by atoms with Crippen LogP contribution in [0.15, 0.2) is 18.2 Å². The summed E-state index contributed by atoms with van der Waals surface area (Å²) in [5, 5.41) is 13.3. The molecule has 9 heteroatoms. The lowest BCUT2D eigenvalue weighted by Gasteiger charge is -2.42. The van der Waals surface area contributed by atoms with E-state index in [1.807, 2.05) is 0 Å². The Balaban J connectivity index is 2.44. The van der Waals surface area contributed by atoms with Crippen molar-refractivity contribution >= 4 is 17.7 Å². The van der Waals surface area contributed by atoms with Crippen LogP contribution < -0.4 is 10.1 Å². The first-order valence-corrected chi connectivity index (χ1v) is 8.95.